The SMILES string of the molecule is Cc1nn(C)c(C)c1S(=O)(=O)NCC1CCNCC1. The molecule has 0 spiro atoms. The first-order valence-electron chi connectivity index (χ1n) is 6.62. The van der Waals surface area contributed by atoms with Gasteiger partial charge in [-0.2, -0.15) is 5.10 Å². The Bertz CT molecular complexity index is 544. The molecule has 6 nitrogen and oxygen atoms in total. The van der Waals surface area contributed by atoms with Crippen LogP contribution in [0.4, 0.5) is 0 Å². The van der Waals surface area contributed by atoms with E-state index in [4.69, 9.17) is 0 Å². The third-order valence-electron chi connectivity index (χ3n) is 3.73. The van der Waals surface area contributed by atoms with Crippen molar-refractivity contribution >= 4 is 10.0 Å². The summed E-state index contributed by atoms with van der Waals surface area (Å²) in [6.07, 6.45) is 2.04. The number of sulfonamides is 1. The molecule has 0 atom stereocenters. The summed E-state index contributed by atoms with van der Waals surface area (Å²) in [6, 6.07) is 0. The van der Waals surface area contributed by atoms with Crippen LogP contribution in [0, 0.1) is 19.8 Å². The molecular formula is C12H22N4O2S. The molecule has 2 N–H and O–H groups in total. The maximum atomic E-state index is 12.3. The standard InChI is InChI=1S/C12H22N4O2S/c1-9-12(10(2)16(3)15-9)19(17,18)14-8-11-4-6-13-7-5-11/h11,13-14H,4-8H2,1-3H3. The van der Waals surface area contributed by atoms with Gasteiger partial charge in [-0.3, -0.25) is 4.68 Å². The number of piperidine rings is 1. The van der Waals surface area contributed by atoms with Crippen LogP contribution in [-0.2, 0) is 17.1 Å². The minimum atomic E-state index is -3.45. The van der Waals surface area contributed by atoms with E-state index in [1.54, 1.807) is 25.6 Å². The van der Waals surface area contributed by atoms with E-state index in [9.17, 15) is 8.42 Å². The van der Waals surface area contributed by atoms with Crippen LogP contribution in [0.2, 0.25) is 0 Å². The summed E-state index contributed by atoms with van der Waals surface area (Å²) in [7, 11) is -1.70. The highest BCUT2D eigenvalue weighted by Gasteiger charge is 2.24. The van der Waals surface area contributed by atoms with Gasteiger partial charge >= 0.3 is 0 Å². The van der Waals surface area contributed by atoms with Gasteiger partial charge in [-0.05, 0) is 45.7 Å². The number of nitrogens with one attached hydrogen (secondary N) is 2. The van der Waals surface area contributed by atoms with Crippen LogP contribution in [0.5, 0.6) is 0 Å². The molecule has 1 fully saturated rings. The van der Waals surface area contributed by atoms with Gasteiger partial charge in [0, 0.05) is 13.6 Å². The van der Waals surface area contributed by atoms with Gasteiger partial charge in [-0.25, -0.2) is 13.1 Å². The summed E-state index contributed by atoms with van der Waals surface area (Å²) in [5.74, 6) is 0.424. The van der Waals surface area contributed by atoms with Crippen molar-refractivity contribution in [3.63, 3.8) is 0 Å². The number of hydrogen-bond acceptors (Lipinski definition) is 4. The van der Waals surface area contributed by atoms with Gasteiger partial charge in [0.1, 0.15) is 4.90 Å². The summed E-state index contributed by atoms with van der Waals surface area (Å²) >= 11 is 0. The smallest absolute Gasteiger partial charge is 0.244 e. The van der Waals surface area contributed by atoms with E-state index >= 15 is 0 Å². The lowest BCUT2D eigenvalue weighted by Gasteiger charge is -2.22. The van der Waals surface area contributed by atoms with Gasteiger partial charge in [-0.15, -0.1) is 0 Å². The molecule has 0 saturated carbocycles. The predicted molar refractivity (Wildman–Crippen MR) is 73.5 cm³/mol. The molecule has 0 bridgehead atoms. The molecule has 108 valence electrons. The molecule has 1 saturated heterocycles. The molecule has 2 rings (SSSR count). The Balaban J connectivity index is 2.09. The highest BCUT2D eigenvalue weighted by molar-refractivity contribution is 7.89. The third kappa shape index (κ3) is 3.16. The second kappa shape index (κ2) is 5.60. The molecule has 1 aliphatic rings. The van der Waals surface area contributed by atoms with E-state index in [1.165, 1.54) is 0 Å². The third-order valence-corrected chi connectivity index (χ3v) is 5.41. The maximum absolute atomic E-state index is 12.3. The Morgan fingerprint density at radius 3 is 2.53 bits per heavy atom. The summed E-state index contributed by atoms with van der Waals surface area (Å²) in [5.41, 5.74) is 1.23. The van der Waals surface area contributed by atoms with Crippen LogP contribution >= 0.6 is 0 Å². The molecule has 1 aromatic rings. The summed E-state index contributed by atoms with van der Waals surface area (Å²) < 4.78 is 29.0. The Morgan fingerprint density at radius 2 is 2.00 bits per heavy atom. The summed E-state index contributed by atoms with van der Waals surface area (Å²) in [6.45, 7) is 5.96. The van der Waals surface area contributed by atoms with Gasteiger partial charge in [0.05, 0.1) is 11.4 Å². The van der Waals surface area contributed by atoms with Gasteiger partial charge < -0.3 is 5.32 Å². The fourth-order valence-electron chi connectivity index (χ4n) is 2.53. The first-order chi connectivity index (χ1) is 8.92. The fourth-order valence-corrected chi connectivity index (χ4v) is 4.08. The Kier molecular flexibility index (Phi) is 4.27. The molecule has 1 aromatic heterocycles. The van der Waals surface area contributed by atoms with Crippen LogP contribution in [0.15, 0.2) is 4.90 Å². The van der Waals surface area contributed by atoms with Crippen molar-refractivity contribution in [1.82, 2.24) is 19.8 Å². The van der Waals surface area contributed by atoms with Crippen molar-refractivity contribution in [1.29, 1.82) is 0 Å². The average molecular weight is 286 g/mol. The van der Waals surface area contributed by atoms with Gasteiger partial charge in [0.15, 0.2) is 0 Å². The zero-order valence-electron chi connectivity index (χ0n) is 11.7. The van der Waals surface area contributed by atoms with E-state index < -0.39 is 10.0 Å². The molecule has 0 aromatic carbocycles. The number of aromatic nitrogens is 2. The van der Waals surface area contributed by atoms with Crippen LogP contribution in [0.3, 0.4) is 0 Å². The quantitative estimate of drug-likeness (QED) is 0.835. The normalized spacial score (nSPS) is 17.8. The molecule has 0 radical (unpaired) electrons. The molecular weight excluding hydrogens is 264 g/mol. The Labute approximate surface area is 114 Å². The van der Waals surface area contributed by atoms with Crippen molar-refractivity contribution in [3.05, 3.63) is 11.4 Å². The summed E-state index contributed by atoms with van der Waals surface area (Å²) in [5, 5.41) is 7.43. The number of nitrogens with zero attached hydrogens (tertiary/aromatic N) is 2. The van der Waals surface area contributed by atoms with Crippen LogP contribution in [0.25, 0.3) is 0 Å². The van der Waals surface area contributed by atoms with Crippen molar-refractivity contribution in [2.24, 2.45) is 13.0 Å². The zero-order valence-corrected chi connectivity index (χ0v) is 12.5. The van der Waals surface area contributed by atoms with E-state index in [-0.39, 0.29) is 0 Å². The number of rotatable bonds is 4. The molecule has 0 unspecified atom stereocenters. The highest BCUT2D eigenvalue weighted by Crippen LogP contribution is 2.19. The van der Waals surface area contributed by atoms with Crippen molar-refractivity contribution in [2.45, 2.75) is 31.6 Å². The maximum Gasteiger partial charge on any atom is 0.244 e. The molecule has 1 aliphatic heterocycles. The van der Waals surface area contributed by atoms with Gasteiger partial charge in [0.25, 0.3) is 0 Å². The van der Waals surface area contributed by atoms with E-state index in [1.807, 2.05) is 0 Å². The van der Waals surface area contributed by atoms with E-state index in [0.717, 1.165) is 25.9 Å². The fraction of sp³-hybridized carbons (Fsp3) is 0.750. The van der Waals surface area contributed by atoms with E-state index in [0.29, 0.717) is 28.7 Å². The monoisotopic (exact) mass is 286 g/mol. The molecule has 0 amide bonds. The topological polar surface area (TPSA) is 76.0 Å². The lowest BCUT2D eigenvalue weighted by Crippen LogP contribution is -2.36. The van der Waals surface area contributed by atoms with Crippen molar-refractivity contribution in [2.75, 3.05) is 19.6 Å². The molecule has 7 heteroatoms. The lowest BCUT2D eigenvalue weighted by molar-refractivity contribution is 0.372. The minimum Gasteiger partial charge on any atom is -0.317 e. The molecule has 2 heterocycles. The van der Waals surface area contributed by atoms with Crippen molar-refractivity contribution in [3.8, 4) is 0 Å². The zero-order chi connectivity index (χ0) is 14.0. The van der Waals surface area contributed by atoms with Crippen LogP contribution in [0.1, 0.15) is 24.2 Å². The van der Waals surface area contributed by atoms with Crippen molar-refractivity contribution < 1.29 is 8.42 Å². The Morgan fingerprint density at radius 1 is 1.37 bits per heavy atom. The van der Waals surface area contributed by atoms with E-state index in [2.05, 4.69) is 15.1 Å². The number of aryl methyl sites for hydroxylation is 2. The first kappa shape index (κ1) is 14.5. The second-order valence-electron chi connectivity index (χ2n) is 5.17. The predicted octanol–water partition coefficient (Wildman–Crippen LogP) is 0.315. The minimum absolute atomic E-state index is 0.323. The first-order valence-corrected chi connectivity index (χ1v) is 8.10. The molecule has 19 heavy (non-hydrogen) atoms. The largest absolute Gasteiger partial charge is 0.317 e. The molecule has 0 aliphatic carbocycles. The van der Waals surface area contributed by atoms with Gasteiger partial charge in [-0.1, -0.05) is 0 Å². The van der Waals surface area contributed by atoms with Crippen LogP contribution in [-0.4, -0.2) is 37.8 Å². The number of hydrogen-bond donors (Lipinski definition) is 2. The van der Waals surface area contributed by atoms with Crippen LogP contribution < -0.4 is 10.0 Å². The second-order valence-corrected chi connectivity index (χ2v) is 6.87. The average Bonchev–Trinajstić information content (AvgIpc) is 2.63. The summed E-state index contributed by atoms with van der Waals surface area (Å²) in [4.78, 5) is 0.323. The lowest BCUT2D eigenvalue weighted by atomic mass is 9.99. The Hall–Kier alpha value is -0.920. The van der Waals surface area contributed by atoms with Gasteiger partial charge in [0.2, 0.25) is 10.0 Å². The highest BCUT2D eigenvalue weighted by atomic mass is 32.2.